The standard InChI is InChI=1S/C16H24N6O/c1-21(7-3-4-14-18-6-8-22(14)2)15-10-13(19-16(17)20-15)12-5-9-23-11-12/h6,8,10,12H,3-5,7,9,11H2,1-2H3,(H2,17,19,20)/t12-/m0/s1. The predicted octanol–water partition coefficient (Wildman–Crippen LogP) is 1.37. The molecule has 3 heterocycles. The summed E-state index contributed by atoms with van der Waals surface area (Å²) >= 11 is 0. The van der Waals surface area contributed by atoms with Crippen molar-refractivity contribution in [3.63, 3.8) is 0 Å². The average Bonchev–Trinajstić information content (AvgIpc) is 3.19. The summed E-state index contributed by atoms with van der Waals surface area (Å²) in [5.41, 5.74) is 6.87. The Bertz CT molecular complexity index is 650. The van der Waals surface area contributed by atoms with Crippen LogP contribution in [0.15, 0.2) is 18.5 Å². The number of aromatic nitrogens is 4. The van der Waals surface area contributed by atoms with Crippen molar-refractivity contribution >= 4 is 11.8 Å². The van der Waals surface area contributed by atoms with Crippen LogP contribution >= 0.6 is 0 Å². The van der Waals surface area contributed by atoms with Crippen molar-refractivity contribution < 1.29 is 4.74 Å². The quantitative estimate of drug-likeness (QED) is 0.866. The molecule has 7 nitrogen and oxygen atoms in total. The van der Waals surface area contributed by atoms with Crippen molar-refractivity contribution in [3.8, 4) is 0 Å². The van der Waals surface area contributed by atoms with E-state index in [1.807, 2.05) is 32.6 Å². The summed E-state index contributed by atoms with van der Waals surface area (Å²) in [6.07, 6.45) is 6.75. The number of rotatable bonds is 6. The third-order valence-corrected chi connectivity index (χ3v) is 4.30. The molecule has 2 N–H and O–H groups in total. The fraction of sp³-hybridized carbons (Fsp3) is 0.562. The van der Waals surface area contributed by atoms with Crippen LogP contribution in [0.4, 0.5) is 11.8 Å². The summed E-state index contributed by atoms with van der Waals surface area (Å²) in [5, 5.41) is 0. The van der Waals surface area contributed by atoms with Gasteiger partial charge in [0.25, 0.3) is 0 Å². The molecule has 2 aromatic heterocycles. The van der Waals surface area contributed by atoms with Gasteiger partial charge in [0.2, 0.25) is 5.95 Å². The Kier molecular flexibility index (Phi) is 4.76. The number of ether oxygens (including phenoxy) is 1. The topological polar surface area (TPSA) is 82.1 Å². The highest BCUT2D eigenvalue weighted by molar-refractivity contribution is 5.43. The zero-order valence-electron chi connectivity index (χ0n) is 13.8. The van der Waals surface area contributed by atoms with Crippen LogP contribution in [0.5, 0.6) is 0 Å². The molecule has 7 heteroatoms. The second-order valence-corrected chi connectivity index (χ2v) is 6.05. The Morgan fingerprint density at radius 3 is 3.00 bits per heavy atom. The van der Waals surface area contributed by atoms with Gasteiger partial charge in [-0.15, -0.1) is 0 Å². The maximum atomic E-state index is 5.89. The minimum Gasteiger partial charge on any atom is -0.381 e. The van der Waals surface area contributed by atoms with Crippen molar-refractivity contribution in [2.24, 2.45) is 7.05 Å². The number of anilines is 2. The van der Waals surface area contributed by atoms with Gasteiger partial charge in [-0.25, -0.2) is 9.97 Å². The van der Waals surface area contributed by atoms with E-state index >= 15 is 0 Å². The minimum atomic E-state index is 0.333. The molecule has 0 amide bonds. The van der Waals surface area contributed by atoms with Crippen molar-refractivity contribution in [1.82, 2.24) is 19.5 Å². The molecule has 0 radical (unpaired) electrons. The van der Waals surface area contributed by atoms with Gasteiger partial charge in [0.15, 0.2) is 0 Å². The van der Waals surface area contributed by atoms with E-state index in [1.54, 1.807) is 0 Å². The minimum absolute atomic E-state index is 0.333. The second kappa shape index (κ2) is 6.95. The average molecular weight is 316 g/mol. The maximum absolute atomic E-state index is 5.89. The van der Waals surface area contributed by atoms with Gasteiger partial charge in [0.05, 0.1) is 12.3 Å². The number of hydrogen-bond donors (Lipinski definition) is 1. The van der Waals surface area contributed by atoms with Gasteiger partial charge in [-0.3, -0.25) is 0 Å². The molecule has 1 saturated heterocycles. The van der Waals surface area contributed by atoms with E-state index in [9.17, 15) is 0 Å². The van der Waals surface area contributed by atoms with Crippen LogP contribution < -0.4 is 10.6 Å². The number of nitrogens with two attached hydrogens (primary N) is 1. The first-order valence-electron chi connectivity index (χ1n) is 8.03. The lowest BCUT2D eigenvalue weighted by Crippen LogP contribution is -2.22. The van der Waals surface area contributed by atoms with Crippen molar-refractivity contribution in [2.75, 3.05) is 37.4 Å². The summed E-state index contributed by atoms with van der Waals surface area (Å²) < 4.78 is 7.50. The predicted molar refractivity (Wildman–Crippen MR) is 89.4 cm³/mol. The number of aryl methyl sites for hydroxylation is 2. The van der Waals surface area contributed by atoms with E-state index in [0.717, 1.165) is 56.4 Å². The zero-order chi connectivity index (χ0) is 16.2. The van der Waals surface area contributed by atoms with Gasteiger partial charge in [0, 0.05) is 58.0 Å². The molecular weight excluding hydrogens is 292 g/mol. The molecule has 0 spiro atoms. The lowest BCUT2D eigenvalue weighted by molar-refractivity contribution is 0.193. The molecule has 1 fully saturated rings. The van der Waals surface area contributed by atoms with Crippen molar-refractivity contribution in [1.29, 1.82) is 0 Å². The molecule has 0 saturated carbocycles. The van der Waals surface area contributed by atoms with Crippen LogP contribution in [0.3, 0.4) is 0 Å². The SMILES string of the molecule is CN(CCCc1nccn1C)c1cc([C@H]2CCOC2)nc(N)n1. The van der Waals surface area contributed by atoms with E-state index in [4.69, 9.17) is 10.5 Å². The molecule has 1 aliphatic rings. The van der Waals surface area contributed by atoms with Crippen LogP contribution in [0.1, 0.15) is 30.3 Å². The van der Waals surface area contributed by atoms with Gasteiger partial charge < -0.3 is 19.9 Å². The van der Waals surface area contributed by atoms with Gasteiger partial charge in [-0.2, -0.15) is 4.98 Å². The van der Waals surface area contributed by atoms with Gasteiger partial charge >= 0.3 is 0 Å². The molecule has 1 aliphatic heterocycles. The molecule has 0 unspecified atom stereocenters. The Morgan fingerprint density at radius 1 is 1.43 bits per heavy atom. The van der Waals surface area contributed by atoms with Crippen molar-refractivity contribution in [3.05, 3.63) is 30.0 Å². The second-order valence-electron chi connectivity index (χ2n) is 6.05. The summed E-state index contributed by atoms with van der Waals surface area (Å²) in [6.45, 7) is 2.41. The third kappa shape index (κ3) is 3.79. The van der Waals surface area contributed by atoms with Crippen LogP contribution in [-0.4, -0.2) is 46.3 Å². The first-order chi connectivity index (χ1) is 11.1. The lowest BCUT2D eigenvalue weighted by Gasteiger charge is -2.20. The smallest absolute Gasteiger partial charge is 0.222 e. The van der Waals surface area contributed by atoms with E-state index < -0.39 is 0 Å². The Morgan fingerprint density at radius 2 is 2.30 bits per heavy atom. The summed E-state index contributed by atoms with van der Waals surface area (Å²) in [6, 6.07) is 2.04. The summed E-state index contributed by atoms with van der Waals surface area (Å²) in [5.74, 6) is 2.64. The highest BCUT2D eigenvalue weighted by atomic mass is 16.5. The molecule has 0 aromatic carbocycles. The molecule has 0 aliphatic carbocycles. The molecule has 1 atom stereocenters. The molecule has 23 heavy (non-hydrogen) atoms. The molecule has 124 valence electrons. The van der Waals surface area contributed by atoms with E-state index in [0.29, 0.717) is 11.9 Å². The van der Waals surface area contributed by atoms with Crippen LogP contribution in [0.25, 0.3) is 0 Å². The Hall–Kier alpha value is -2.15. The molecule has 2 aromatic rings. The summed E-state index contributed by atoms with van der Waals surface area (Å²) in [4.78, 5) is 15.2. The van der Waals surface area contributed by atoms with E-state index in [-0.39, 0.29) is 0 Å². The Labute approximate surface area is 136 Å². The first kappa shape index (κ1) is 15.7. The fourth-order valence-electron chi connectivity index (χ4n) is 2.87. The molecule has 3 rings (SSSR count). The van der Waals surface area contributed by atoms with Crippen molar-refractivity contribution in [2.45, 2.75) is 25.2 Å². The number of nitrogen functional groups attached to an aromatic ring is 1. The first-order valence-corrected chi connectivity index (χ1v) is 8.03. The van der Waals surface area contributed by atoms with Crippen LogP contribution in [0.2, 0.25) is 0 Å². The highest BCUT2D eigenvalue weighted by Crippen LogP contribution is 2.26. The van der Waals surface area contributed by atoms with Gasteiger partial charge in [-0.05, 0) is 12.8 Å². The zero-order valence-corrected chi connectivity index (χ0v) is 13.8. The van der Waals surface area contributed by atoms with Gasteiger partial charge in [-0.1, -0.05) is 0 Å². The normalized spacial score (nSPS) is 17.6. The number of imidazole rings is 1. The third-order valence-electron chi connectivity index (χ3n) is 4.30. The summed E-state index contributed by atoms with van der Waals surface area (Å²) in [7, 11) is 4.06. The largest absolute Gasteiger partial charge is 0.381 e. The lowest BCUT2D eigenvalue weighted by atomic mass is 10.0. The fourth-order valence-corrected chi connectivity index (χ4v) is 2.87. The van der Waals surface area contributed by atoms with Crippen LogP contribution in [-0.2, 0) is 18.2 Å². The van der Waals surface area contributed by atoms with Gasteiger partial charge in [0.1, 0.15) is 11.6 Å². The van der Waals surface area contributed by atoms with E-state index in [2.05, 4.69) is 24.4 Å². The molecule has 0 bridgehead atoms. The highest BCUT2D eigenvalue weighted by Gasteiger charge is 2.21. The van der Waals surface area contributed by atoms with E-state index in [1.165, 1.54) is 0 Å². The Balaban J connectivity index is 1.62. The van der Waals surface area contributed by atoms with Crippen LogP contribution in [0, 0.1) is 0 Å². The number of hydrogen-bond acceptors (Lipinski definition) is 6. The monoisotopic (exact) mass is 316 g/mol. The molecular formula is C16H24N6O. The maximum Gasteiger partial charge on any atom is 0.222 e. The number of nitrogens with zero attached hydrogens (tertiary/aromatic N) is 5.